The summed E-state index contributed by atoms with van der Waals surface area (Å²) < 4.78 is 1.57. The van der Waals surface area contributed by atoms with E-state index in [1.165, 1.54) is 0 Å². The summed E-state index contributed by atoms with van der Waals surface area (Å²) in [4.78, 5) is 17.3. The first kappa shape index (κ1) is 13.6. The minimum atomic E-state index is -0.143. The second-order valence-corrected chi connectivity index (χ2v) is 5.37. The zero-order chi connectivity index (χ0) is 15.1. The van der Waals surface area contributed by atoms with Crippen LogP contribution in [-0.2, 0) is 0 Å². The molecular formula is C16H14ClN3O. The Bertz CT molecular complexity index is 915. The Morgan fingerprint density at radius 2 is 1.95 bits per heavy atom. The first-order chi connectivity index (χ1) is 9.99. The fraction of sp³-hybridized carbons (Fsp3) is 0.125. The van der Waals surface area contributed by atoms with Crippen LogP contribution in [0.15, 0.2) is 41.2 Å². The molecule has 0 fully saturated rings. The van der Waals surface area contributed by atoms with Gasteiger partial charge < -0.3 is 5.73 Å². The SMILES string of the molecule is Cc1c(Cl)cccc1-n1c(C)nc2ccc(N)cc2c1=O. The van der Waals surface area contributed by atoms with E-state index in [1.807, 2.05) is 19.1 Å². The topological polar surface area (TPSA) is 60.9 Å². The van der Waals surface area contributed by atoms with Crippen molar-refractivity contribution >= 4 is 28.2 Å². The van der Waals surface area contributed by atoms with E-state index >= 15 is 0 Å². The van der Waals surface area contributed by atoms with E-state index in [0.29, 0.717) is 27.4 Å². The lowest BCUT2D eigenvalue weighted by atomic mass is 10.1. The van der Waals surface area contributed by atoms with E-state index < -0.39 is 0 Å². The number of hydrogen-bond donors (Lipinski definition) is 1. The summed E-state index contributed by atoms with van der Waals surface area (Å²) in [7, 11) is 0. The molecule has 1 heterocycles. The number of halogens is 1. The van der Waals surface area contributed by atoms with Crippen molar-refractivity contribution < 1.29 is 0 Å². The van der Waals surface area contributed by atoms with Crippen LogP contribution in [0.25, 0.3) is 16.6 Å². The van der Waals surface area contributed by atoms with Crippen LogP contribution in [0.1, 0.15) is 11.4 Å². The lowest BCUT2D eigenvalue weighted by molar-refractivity contribution is 0.888. The van der Waals surface area contributed by atoms with Gasteiger partial charge in [0.05, 0.1) is 16.6 Å². The summed E-state index contributed by atoms with van der Waals surface area (Å²) in [6, 6.07) is 10.6. The maximum atomic E-state index is 12.8. The van der Waals surface area contributed by atoms with Gasteiger partial charge in [0.15, 0.2) is 0 Å². The van der Waals surface area contributed by atoms with Crippen molar-refractivity contribution in [3.63, 3.8) is 0 Å². The van der Waals surface area contributed by atoms with Crippen molar-refractivity contribution in [2.24, 2.45) is 0 Å². The van der Waals surface area contributed by atoms with E-state index in [1.54, 1.807) is 35.8 Å². The molecule has 4 nitrogen and oxygen atoms in total. The lowest BCUT2D eigenvalue weighted by Crippen LogP contribution is -2.23. The van der Waals surface area contributed by atoms with Gasteiger partial charge >= 0.3 is 0 Å². The number of benzene rings is 2. The van der Waals surface area contributed by atoms with Crippen LogP contribution < -0.4 is 11.3 Å². The number of nitrogens with two attached hydrogens (primary N) is 1. The van der Waals surface area contributed by atoms with E-state index in [0.717, 1.165) is 11.3 Å². The molecule has 0 aliphatic carbocycles. The Labute approximate surface area is 126 Å². The highest BCUT2D eigenvalue weighted by Crippen LogP contribution is 2.23. The number of rotatable bonds is 1. The van der Waals surface area contributed by atoms with E-state index in [-0.39, 0.29) is 5.56 Å². The van der Waals surface area contributed by atoms with Gasteiger partial charge in [0.2, 0.25) is 0 Å². The minimum absolute atomic E-state index is 0.143. The molecule has 2 N–H and O–H groups in total. The van der Waals surface area contributed by atoms with Crippen molar-refractivity contribution in [2.75, 3.05) is 5.73 Å². The maximum Gasteiger partial charge on any atom is 0.266 e. The van der Waals surface area contributed by atoms with Crippen LogP contribution in [0.4, 0.5) is 5.69 Å². The number of fused-ring (bicyclic) bond motifs is 1. The van der Waals surface area contributed by atoms with Crippen LogP contribution in [-0.4, -0.2) is 9.55 Å². The molecular weight excluding hydrogens is 286 g/mol. The highest BCUT2D eigenvalue weighted by Gasteiger charge is 2.13. The molecule has 0 spiro atoms. The van der Waals surface area contributed by atoms with Crippen molar-refractivity contribution in [3.05, 3.63) is 63.2 Å². The summed E-state index contributed by atoms with van der Waals surface area (Å²) in [5.74, 6) is 0.614. The van der Waals surface area contributed by atoms with E-state index in [2.05, 4.69) is 4.98 Å². The third-order valence-electron chi connectivity index (χ3n) is 3.54. The van der Waals surface area contributed by atoms with Gasteiger partial charge in [-0.2, -0.15) is 0 Å². The molecule has 0 atom stereocenters. The molecule has 0 bridgehead atoms. The minimum Gasteiger partial charge on any atom is -0.399 e. The zero-order valence-electron chi connectivity index (χ0n) is 11.7. The predicted molar refractivity (Wildman–Crippen MR) is 86.2 cm³/mol. The van der Waals surface area contributed by atoms with Crippen molar-refractivity contribution in [2.45, 2.75) is 13.8 Å². The Morgan fingerprint density at radius 3 is 2.71 bits per heavy atom. The van der Waals surface area contributed by atoms with Gasteiger partial charge in [0, 0.05) is 10.7 Å². The number of aromatic nitrogens is 2. The largest absolute Gasteiger partial charge is 0.399 e. The Morgan fingerprint density at radius 1 is 1.19 bits per heavy atom. The van der Waals surface area contributed by atoms with Crippen LogP contribution >= 0.6 is 11.6 Å². The molecule has 0 aliphatic rings. The predicted octanol–water partition coefficient (Wildman–Crippen LogP) is 3.24. The molecule has 106 valence electrons. The van der Waals surface area contributed by atoms with Crippen LogP contribution in [0.5, 0.6) is 0 Å². The van der Waals surface area contributed by atoms with Gasteiger partial charge in [0.25, 0.3) is 5.56 Å². The first-order valence-electron chi connectivity index (χ1n) is 6.53. The first-order valence-corrected chi connectivity index (χ1v) is 6.91. The Hall–Kier alpha value is -2.33. The third-order valence-corrected chi connectivity index (χ3v) is 3.95. The third kappa shape index (κ3) is 2.17. The molecule has 0 unspecified atom stereocenters. The van der Waals surface area contributed by atoms with Crippen LogP contribution in [0.2, 0.25) is 5.02 Å². The summed E-state index contributed by atoms with van der Waals surface area (Å²) >= 11 is 6.16. The zero-order valence-corrected chi connectivity index (χ0v) is 12.5. The normalized spacial score (nSPS) is 11.0. The molecule has 0 radical (unpaired) electrons. The van der Waals surface area contributed by atoms with Gasteiger partial charge in [-0.15, -0.1) is 0 Å². The standard InChI is InChI=1S/C16H14ClN3O/c1-9-13(17)4-3-5-15(9)20-10(2)19-14-7-6-11(18)8-12(14)16(20)21/h3-8H,18H2,1-2H3. The van der Waals surface area contributed by atoms with Crippen molar-refractivity contribution in [1.29, 1.82) is 0 Å². The fourth-order valence-electron chi connectivity index (χ4n) is 2.44. The maximum absolute atomic E-state index is 12.8. The van der Waals surface area contributed by atoms with Gasteiger partial charge in [-0.3, -0.25) is 9.36 Å². The lowest BCUT2D eigenvalue weighted by Gasteiger charge is -2.14. The van der Waals surface area contributed by atoms with Gasteiger partial charge in [-0.25, -0.2) is 4.98 Å². The molecule has 0 saturated carbocycles. The molecule has 0 amide bonds. The van der Waals surface area contributed by atoms with Gasteiger partial charge in [0.1, 0.15) is 5.82 Å². The van der Waals surface area contributed by atoms with Crippen molar-refractivity contribution in [1.82, 2.24) is 9.55 Å². The van der Waals surface area contributed by atoms with E-state index in [4.69, 9.17) is 17.3 Å². The monoisotopic (exact) mass is 299 g/mol. The molecule has 0 aliphatic heterocycles. The van der Waals surface area contributed by atoms with Crippen LogP contribution in [0, 0.1) is 13.8 Å². The fourth-order valence-corrected chi connectivity index (χ4v) is 2.61. The summed E-state index contributed by atoms with van der Waals surface area (Å²) in [6.45, 7) is 3.69. The number of hydrogen-bond acceptors (Lipinski definition) is 3. The number of aryl methyl sites for hydroxylation is 1. The van der Waals surface area contributed by atoms with E-state index in [9.17, 15) is 4.79 Å². The summed E-state index contributed by atoms with van der Waals surface area (Å²) in [6.07, 6.45) is 0. The Balaban J connectivity index is 2.43. The molecule has 0 saturated heterocycles. The molecule has 1 aromatic heterocycles. The van der Waals surface area contributed by atoms with Crippen LogP contribution in [0.3, 0.4) is 0 Å². The second-order valence-electron chi connectivity index (χ2n) is 4.96. The highest BCUT2D eigenvalue weighted by atomic mass is 35.5. The Kier molecular flexibility index (Phi) is 3.18. The number of anilines is 1. The smallest absolute Gasteiger partial charge is 0.266 e. The number of nitrogen functional groups attached to an aromatic ring is 1. The molecule has 21 heavy (non-hydrogen) atoms. The second kappa shape index (κ2) is 4.90. The highest BCUT2D eigenvalue weighted by molar-refractivity contribution is 6.31. The summed E-state index contributed by atoms with van der Waals surface area (Å²) in [5, 5.41) is 1.12. The summed E-state index contributed by atoms with van der Waals surface area (Å²) in [5.41, 5.74) is 8.40. The quantitative estimate of drug-likeness (QED) is 0.702. The molecule has 2 aromatic carbocycles. The molecule has 3 aromatic rings. The average molecular weight is 300 g/mol. The van der Waals surface area contributed by atoms with Gasteiger partial charge in [-0.05, 0) is 49.7 Å². The average Bonchev–Trinajstić information content (AvgIpc) is 2.44. The van der Waals surface area contributed by atoms with Crippen molar-refractivity contribution in [3.8, 4) is 5.69 Å². The molecule has 3 rings (SSSR count). The molecule has 5 heteroatoms. The number of nitrogens with zero attached hydrogens (tertiary/aromatic N) is 2. The van der Waals surface area contributed by atoms with Gasteiger partial charge in [-0.1, -0.05) is 17.7 Å².